The van der Waals surface area contributed by atoms with Crippen LogP contribution in [0.3, 0.4) is 0 Å². The number of hydrogen-bond donors (Lipinski definition) is 0. The minimum absolute atomic E-state index is 0.257. The Morgan fingerprint density at radius 3 is 2.67 bits per heavy atom. The Balaban J connectivity index is 1.58. The second kappa shape index (κ2) is 7.38. The predicted molar refractivity (Wildman–Crippen MR) is 102 cm³/mol. The fraction of sp³-hybridized carbons (Fsp3) is 0.261. The second-order valence-electron chi connectivity index (χ2n) is 6.91. The molecule has 0 saturated carbocycles. The van der Waals surface area contributed by atoms with E-state index in [2.05, 4.69) is 6.07 Å². The van der Waals surface area contributed by atoms with E-state index in [-0.39, 0.29) is 5.82 Å². The van der Waals surface area contributed by atoms with Gasteiger partial charge in [0, 0.05) is 13.2 Å². The summed E-state index contributed by atoms with van der Waals surface area (Å²) in [4.78, 5) is 0. The summed E-state index contributed by atoms with van der Waals surface area (Å²) in [6.07, 6.45) is 1.38. The summed E-state index contributed by atoms with van der Waals surface area (Å²) < 4.78 is 25.1. The van der Waals surface area contributed by atoms with Gasteiger partial charge in [-0.15, -0.1) is 0 Å². The van der Waals surface area contributed by atoms with Crippen molar-refractivity contribution in [1.29, 1.82) is 5.26 Å². The number of nitriles is 1. The highest BCUT2D eigenvalue weighted by atomic mass is 19.1. The molecule has 0 radical (unpaired) electrons. The third-order valence-electron chi connectivity index (χ3n) is 5.28. The monoisotopic (exact) mass is 361 g/mol. The summed E-state index contributed by atoms with van der Waals surface area (Å²) in [7, 11) is 0. The molecule has 27 heavy (non-hydrogen) atoms. The highest BCUT2D eigenvalue weighted by Gasteiger charge is 2.34. The Morgan fingerprint density at radius 1 is 1.04 bits per heavy atom. The number of hydrogen-bond acceptors (Lipinski definition) is 3. The molecule has 4 heteroatoms. The van der Waals surface area contributed by atoms with Gasteiger partial charge in [-0.1, -0.05) is 36.4 Å². The molecule has 136 valence electrons. The number of fused-ring (bicyclic) bond motifs is 1. The van der Waals surface area contributed by atoms with Crippen molar-refractivity contribution in [2.24, 2.45) is 0 Å². The van der Waals surface area contributed by atoms with E-state index in [1.165, 1.54) is 12.1 Å². The van der Waals surface area contributed by atoms with E-state index in [1.54, 1.807) is 6.07 Å². The van der Waals surface area contributed by atoms with Crippen LogP contribution >= 0.6 is 0 Å². The highest BCUT2D eigenvalue weighted by molar-refractivity contribution is 5.85. The Kier molecular flexibility index (Phi) is 4.79. The quantitative estimate of drug-likeness (QED) is 0.647. The zero-order valence-electron chi connectivity index (χ0n) is 15.0. The smallest absolute Gasteiger partial charge is 0.123 e. The molecule has 0 spiro atoms. The van der Waals surface area contributed by atoms with Gasteiger partial charge in [-0.2, -0.15) is 5.26 Å². The van der Waals surface area contributed by atoms with Gasteiger partial charge in [0.15, 0.2) is 0 Å². The van der Waals surface area contributed by atoms with Gasteiger partial charge >= 0.3 is 0 Å². The van der Waals surface area contributed by atoms with Gasteiger partial charge in [0.05, 0.1) is 11.5 Å². The Bertz CT molecular complexity index is 1000. The molecule has 1 saturated heterocycles. The molecule has 0 unspecified atom stereocenters. The zero-order valence-corrected chi connectivity index (χ0v) is 15.0. The Morgan fingerprint density at radius 2 is 1.85 bits per heavy atom. The number of rotatable bonds is 4. The lowest BCUT2D eigenvalue weighted by Gasteiger charge is -2.31. The molecule has 1 fully saturated rings. The van der Waals surface area contributed by atoms with Gasteiger partial charge in [0.25, 0.3) is 0 Å². The predicted octanol–water partition coefficient (Wildman–Crippen LogP) is 5.13. The van der Waals surface area contributed by atoms with Crippen LogP contribution in [-0.2, 0) is 16.8 Å². The Labute approximate surface area is 158 Å². The molecule has 0 atom stereocenters. The first kappa shape index (κ1) is 17.5. The van der Waals surface area contributed by atoms with Crippen LogP contribution in [0.4, 0.5) is 4.39 Å². The van der Waals surface area contributed by atoms with Crippen molar-refractivity contribution < 1.29 is 13.9 Å². The molecule has 3 nitrogen and oxygen atoms in total. The van der Waals surface area contributed by atoms with Crippen molar-refractivity contribution in [3.05, 3.63) is 77.6 Å². The maximum Gasteiger partial charge on any atom is 0.123 e. The van der Waals surface area contributed by atoms with Crippen LogP contribution in [0, 0.1) is 17.1 Å². The van der Waals surface area contributed by atoms with Crippen LogP contribution in [0.5, 0.6) is 5.75 Å². The molecule has 0 N–H and O–H groups in total. The average Bonchev–Trinajstić information content (AvgIpc) is 2.73. The van der Waals surface area contributed by atoms with E-state index in [0.29, 0.717) is 38.4 Å². The number of nitrogens with zero attached hydrogens (tertiary/aromatic N) is 1. The summed E-state index contributed by atoms with van der Waals surface area (Å²) in [5, 5.41) is 11.6. The van der Waals surface area contributed by atoms with E-state index in [0.717, 1.165) is 21.9 Å². The third kappa shape index (κ3) is 3.51. The molecule has 1 aliphatic rings. The normalized spacial score (nSPS) is 16.0. The SMILES string of the molecule is N#CC1(c2cccc(OCc3cccc4ccc(F)cc34)c2)CCOCC1. The van der Waals surface area contributed by atoms with Crippen LogP contribution in [0.2, 0.25) is 0 Å². The molecule has 1 heterocycles. The molecular formula is C23H20FNO2. The lowest BCUT2D eigenvalue weighted by Crippen LogP contribution is -2.32. The second-order valence-corrected chi connectivity index (χ2v) is 6.91. The van der Waals surface area contributed by atoms with Crippen LogP contribution in [0.15, 0.2) is 60.7 Å². The third-order valence-corrected chi connectivity index (χ3v) is 5.28. The fourth-order valence-corrected chi connectivity index (χ4v) is 3.67. The minimum atomic E-state index is -0.514. The maximum absolute atomic E-state index is 13.6. The van der Waals surface area contributed by atoms with E-state index >= 15 is 0 Å². The van der Waals surface area contributed by atoms with Crippen LogP contribution in [0.1, 0.15) is 24.0 Å². The van der Waals surface area contributed by atoms with Crippen LogP contribution in [0.25, 0.3) is 10.8 Å². The van der Waals surface area contributed by atoms with E-state index < -0.39 is 5.41 Å². The van der Waals surface area contributed by atoms with Gasteiger partial charge in [-0.25, -0.2) is 4.39 Å². The lowest BCUT2D eigenvalue weighted by atomic mass is 9.75. The van der Waals surface area contributed by atoms with E-state index in [4.69, 9.17) is 9.47 Å². The zero-order chi connectivity index (χ0) is 18.7. The molecule has 4 rings (SSSR count). The largest absolute Gasteiger partial charge is 0.489 e. The van der Waals surface area contributed by atoms with Gasteiger partial charge in [-0.05, 0) is 59.0 Å². The van der Waals surface area contributed by atoms with Crippen molar-refractivity contribution in [2.45, 2.75) is 24.9 Å². The topological polar surface area (TPSA) is 42.2 Å². The molecule has 0 bridgehead atoms. The summed E-state index contributed by atoms with van der Waals surface area (Å²) in [5.41, 5.74) is 1.38. The number of benzene rings is 3. The molecule has 0 aromatic heterocycles. The van der Waals surface area contributed by atoms with Crippen molar-refractivity contribution in [2.75, 3.05) is 13.2 Å². The first-order chi connectivity index (χ1) is 13.2. The van der Waals surface area contributed by atoms with Gasteiger partial charge < -0.3 is 9.47 Å². The number of halogens is 1. The van der Waals surface area contributed by atoms with Gasteiger partial charge in [0.1, 0.15) is 18.2 Å². The molecular weight excluding hydrogens is 341 g/mol. The first-order valence-corrected chi connectivity index (χ1v) is 9.10. The van der Waals surface area contributed by atoms with Gasteiger partial charge in [-0.3, -0.25) is 0 Å². The van der Waals surface area contributed by atoms with Crippen LogP contribution < -0.4 is 4.74 Å². The van der Waals surface area contributed by atoms with Crippen molar-refractivity contribution in [3.63, 3.8) is 0 Å². The molecule has 1 aliphatic heterocycles. The van der Waals surface area contributed by atoms with E-state index in [1.807, 2.05) is 42.5 Å². The minimum Gasteiger partial charge on any atom is -0.489 e. The summed E-state index contributed by atoms with van der Waals surface area (Å²) in [6, 6.07) is 20.8. The fourth-order valence-electron chi connectivity index (χ4n) is 3.67. The Hall–Kier alpha value is -2.90. The van der Waals surface area contributed by atoms with Crippen molar-refractivity contribution >= 4 is 10.8 Å². The number of ether oxygens (including phenoxy) is 2. The first-order valence-electron chi connectivity index (χ1n) is 9.10. The molecule has 0 amide bonds. The standard InChI is InChI=1S/C23H20FNO2/c24-20-8-7-17-3-1-4-18(22(17)14-20)15-27-21-6-2-5-19(13-21)23(16-25)9-11-26-12-10-23/h1-8,13-14H,9-12,15H2. The van der Waals surface area contributed by atoms with E-state index in [9.17, 15) is 9.65 Å². The lowest BCUT2D eigenvalue weighted by molar-refractivity contribution is 0.0674. The molecule has 3 aromatic carbocycles. The summed E-state index contributed by atoms with van der Waals surface area (Å²) in [5.74, 6) is 0.453. The summed E-state index contributed by atoms with van der Waals surface area (Å²) >= 11 is 0. The molecule has 3 aromatic rings. The molecule has 0 aliphatic carbocycles. The van der Waals surface area contributed by atoms with Gasteiger partial charge in [0.2, 0.25) is 0 Å². The highest BCUT2D eigenvalue weighted by Crippen LogP contribution is 2.35. The van der Waals surface area contributed by atoms with Crippen molar-refractivity contribution in [3.8, 4) is 11.8 Å². The van der Waals surface area contributed by atoms with Crippen LogP contribution in [-0.4, -0.2) is 13.2 Å². The van der Waals surface area contributed by atoms with Crippen molar-refractivity contribution in [1.82, 2.24) is 0 Å². The summed E-state index contributed by atoms with van der Waals surface area (Å²) in [6.45, 7) is 1.54. The average molecular weight is 361 g/mol. The maximum atomic E-state index is 13.6.